The fourth-order valence-corrected chi connectivity index (χ4v) is 1.76. The Morgan fingerprint density at radius 1 is 1.32 bits per heavy atom. The van der Waals surface area contributed by atoms with E-state index in [9.17, 15) is 24.4 Å². The summed E-state index contributed by atoms with van der Waals surface area (Å²) in [5, 5.41) is 12.0. The van der Waals surface area contributed by atoms with Gasteiger partial charge in [0, 0.05) is 13.8 Å². The number of aliphatic hydroxyl groups is 1. The number of ether oxygens (including phenoxy) is 5. The second-order valence-electron chi connectivity index (χ2n) is 6.06. The average molecular weight is 363 g/mol. The van der Waals surface area contributed by atoms with Crippen molar-refractivity contribution in [3.8, 4) is 0 Å². The van der Waals surface area contributed by atoms with Crippen LogP contribution >= 0.6 is 0 Å². The van der Waals surface area contributed by atoms with Crippen LogP contribution < -0.4 is 0 Å². The third-order valence-corrected chi connectivity index (χ3v) is 2.61. The van der Waals surface area contributed by atoms with Gasteiger partial charge < -0.3 is 24.1 Å². The van der Waals surface area contributed by atoms with Crippen molar-refractivity contribution in [2.24, 2.45) is 5.18 Å². The summed E-state index contributed by atoms with van der Waals surface area (Å²) in [6.45, 7) is 4.97. The molecule has 1 saturated heterocycles. The summed E-state index contributed by atoms with van der Waals surface area (Å²) in [5.41, 5.74) is 0. The maximum absolute atomic E-state index is 11.7. The van der Waals surface area contributed by atoms with Gasteiger partial charge in [-0.3, -0.25) is 14.3 Å². The molecule has 0 aromatic rings. The first-order valence-electron chi connectivity index (χ1n) is 7.41. The van der Waals surface area contributed by atoms with Crippen LogP contribution in [-0.2, 0) is 38.1 Å². The zero-order valence-electron chi connectivity index (χ0n) is 14.3. The quantitative estimate of drug-likeness (QED) is 0.263. The molecule has 0 saturated carbocycles. The van der Waals surface area contributed by atoms with Crippen LogP contribution in [0.15, 0.2) is 5.18 Å². The normalized spacial score (nSPS) is 20.5. The van der Waals surface area contributed by atoms with Crippen molar-refractivity contribution in [2.45, 2.75) is 64.7 Å². The lowest BCUT2D eigenvalue weighted by Gasteiger charge is -2.24. The average Bonchev–Trinajstić information content (AvgIpc) is 2.67. The van der Waals surface area contributed by atoms with Crippen molar-refractivity contribution in [1.29, 1.82) is 0 Å². The molecular weight excluding hydrogens is 342 g/mol. The van der Waals surface area contributed by atoms with Gasteiger partial charge in [0.25, 0.3) is 0 Å². The highest BCUT2D eigenvalue weighted by molar-refractivity contribution is 5.81. The van der Waals surface area contributed by atoms with Crippen LogP contribution in [0.2, 0.25) is 0 Å². The highest BCUT2D eigenvalue weighted by Crippen LogP contribution is 2.24. The second-order valence-corrected chi connectivity index (χ2v) is 6.06. The second kappa shape index (κ2) is 8.32. The molecule has 11 nitrogen and oxygen atoms in total. The van der Waals surface area contributed by atoms with Gasteiger partial charge in [-0.1, -0.05) is 5.18 Å². The fraction of sp³-hybridized carbons (Fsp3) is 0.786. The first-order valence-corrected chi connectivity index (χ1v) is 7.41. The zero-order valence-corrected chi connectivity index (χ0v) is 14.3. The molecule has 1 N–H and O–H groups in total. The number of nitrogens with zero attached hydrogens (tertiary/aromatic N) is 1. The van der Waals surface area contributed by atoms with Gasteiger partial charge in [-0.05, 0) is 13.8 Å². The summed E-state index contributed by atoms with van der Waals surface area (Å²) in [4.78, 5) is 45.0. The topological polar surface area (TPSA) is 147 Å². The van der Waals surface area contributed by atoms with E-state index in [1.165, 1.54) is 27.7 Å². The standard InChI is InChI=1S/C14H21NO10/c1-13(2,19)23-10(7-15-20)21-8(16)5-6-9(17)22-12-11(18)24-14(3,4)25-12/h10,12,19H,5-7H2,1-4H3. The monoisotopic (exact) mass is 363 g/mol. The van der Waals surface area contributed by atoms with Gasteiger partial charge in [0.1, 0.15) is 6.54 Å². The lowest BCUT2D eigenvalue weighted by Crippen LogP contribution is -2.35. The summed E-state index contributed by atoms with van der Waals surface area (Å²) < 4.78 is 24.3. The fourth-order valence-electron chi connectivity index (χ4n) is 1.76. The highest BCUT2D eigenvalue weighted by Gasteiger charge is 2.43. The number of carbonyl (C=O) groups excluding carboxylic acids is 3. The smallest absolute Gasteiger partial charge is 0.379 e. The molecule has 1 rings (SSSR count). The highest BCUT2D eigenvalue weighted by atomic mass is 16.8. The van der Waals surface area contributed by atoms with Crippen molar-refractivity contribution in [3.63, 3.8) is 0 Å². The summed E-state index contributed by atoms with van der Waals surface area (Å²) in [7, 11) is 0. The van der Waals surface area contributed by atoms with Crippen molar-refractivity contribution in [3.05, 3.63) is 4.91 Å². The lowest BCUT2D eigenvalue weighted by molar-refractivity contribution is -0.264. The van der Waals surface area contributed by atoms with E-state index in [-0.39, 0.29) is 0 Å². The maximum Gasteiger partial charge on any atom is 0.379 e. The molecule has 11 heteroatoms. The summed E-state index contributed by atoms with van der Waals surface area (Å²) in [5.74, 6) is -5.47. The molecule has 0 aliphatic carbocycles. The molecule has 0 aromatic heterocycles. The molecule has 0 radical (unpaired) electrons. The van der Waals surface area contributed by atoms with E-state index in [1.54, 1.807) is 0 Å². The van der Waals surface area contributed by atoms with E-state index in [1.807, 2.05) is 0 Å². The van der Waals surface area contributed by atoms with Crippen molar-refractivity contribution >= 4 is 17.9 Å². The molecule has 0 spiro atoms. The van der Waals surface area contributed by atoms with Gasteiger partial charge in [0.2, 0.25) is 12.1 Å². The van der Waals surface area contributed by atoms with Gasteiger partial charge >= 0.3 is 24.2 Å². The van der Waals surface area contributed by atoms with Crippen molar-refractivity contribution in [1.82, 2.24) is 0 Å². The molecular formula is C14H21NO10. The predicted octanol–water partition coefficient (Wildman–Crippen LogP) is 0.326. The van der Waals surface area contributed by atoms with Crippen molar-refractivity contribution < 1.29 is 43.2 Å². The van der Waals surface area contributed by atoms with E-state index >= 15 is 0 Å². The number of nitroso groups, excluding NO2 is 1. The molecule has 142 valence electrons. The number of carbonyl (C=O) groups is 3. The van der Waals surface area contributed by atoms with Crippen LogP contribution in [-0.4, -0.2) is 53.7 Å². The van der Waals surface area contributed by atoms with Crippen LogP contribution in [0.25, 0.3) is 0 Å². The lowest BCUT2D eigenvalue weighted by atomic mass is 10.3. The first-order chi connectivity index (χ1) is 11.4. The number of hydrogen-bond donors (Lipinski definition) is 1. The zero-order chi connectivity index (χ0) is 19.3. The Labute approximate surface area is 143 Å². The summed E-state index contributed by atoms with van der Waals surface area (Å²) >= 11 is 0. The van der Waals surface area contributed by atoms with Gasteiger partial charge in [0.05, 0.1) is 12.8 Å². The molecule has 0 amide bonds. The van der Waals surface area contributed by atoms with Crippen LogP contribution in [0, 0.1) is 4.91 Å². The Hall–Kier alpha value is -2.11. The molecule has 1 aliphatic heterocycles. The van der Waals surface area contributed by atoms with Gasteiger partial charge in [0.15, 0.2) is 5.79 Å². The van der Waals surface area contributed by atoms with Gasteiger partial charge in [-0.15, -0.1) is 0 Å². The molecule has 1 fully saturated rings. The van der Waals surface area contributed by atoms with E-state index in [0.717, 1.165) is 0 Å². The molecule has 0 bridgehead atoms. The van der Waals surface area contributed by atoms with E-state index in [2.05, 4.69) is 5.18 Å². The van der Waals surface area contributed by atoms with Gasteiger partial charge in [-0.25, -0.2) is 4.79 Å². The summed E-state index contributed by atoms with van der Waals surface area (Å²) in [6.07, 6.45) is -3.70. The van der Waals surface area contributed by atoms with Crippen molar-refractivity contribution in [2.75, 3.05) is 6.54 Å². The largest absolute Gasteiger partial charge is 0.433 e. The Morgan fingerprint density at radius 3 is 2.40 bits per heavy atom. The molecule has 0 aromatic carbocycles. The minimum absolute atomic E-state index is 0.407. The number of rotatable bonds is 9. The van der Waals surface area contributed by atoms with Crippen LogP contribution in [0.3, 0.4) is 0 Å². The Kier molecular flexibility index (Phi) is 6.96. The van der Waals surface area contributed by atoms with Gasteiger partial charge in [-0.2, -0.15) is 4.91 Å². The van der Waals surface area contributed by atoms with Crippen LogP contribution in [0.4, 0.5) is 0 Å². The Balaban J connectivity index is 2.40. The molecule has 1 aliphatic rings. The maximum atomic E-state index is 11.7. The molecule has 1 heterocycles. The summed E-state index contributed by atoms with van der Waals surface area (Å²) in [6, 6.07) is 0. The minimum Gasteiger partial charge on any atom is -0.433 e. The minimum atomic E-state index is -1.65. The Morgan fingerprint density at radius 2 is 1.92 bits per heavy atom. The number of cyclic esters (lactones) is 1. The number of hydrogen-bond acceptors (Lipinski definition) is 11. The molecule has 2 unspecified atom stereocenters. The van der Waals surface area contributed by atoms with E-state index in [0.29, 0.717) is 0 Å². The van der Waals surface area contributed by atoms with Crippen LogP contribution in [0.1, 0.15) is 40.5 Å². The predicted molar refractivity (Wildman–Crippen MR) is 78.3 cm³/mol. The SMILES string of the molecule is CC(C)(O)OC(CN=O)OC(=O)CCC(=O)OC1OC(C)(C)OC1=O. The third kappa shape index (κ3) is 8.01. The Bertz CT molecular complexity index is 524. The molecule has 2 atom stereocenters. The third-order valence-electron chi connectivity index (χ3n) is 2.61. The van der Waals surface area contributed by atoms with Crippen LogP contribution in [0.5, 0.6) is 0 Å². The molecule has 25 heavy (non-hydrogen) atoms. The van der Waals surface area contributed by atoms with E-state index in [4.69, 9.17) is 23.7 Å². The van der Waals surface area contributed by atoms with E-state index < -0.39 is 61.4 Å². The first kappa shape index (κ1) is 20.9. The number of esters is 3.